The van der Waals surface area contributed by atoms with Crippen LogP contribution in [0.1, 0.15) is 49.4 Å². The van der Waals surface area contributed by atoms with Gasteiger partial charge in [0, 0.05) is 12.2 Å². The second-order valence-corrected chi connectivity index (χ2v) is 5.03. The van der Waals surface area contributed by atoms with Crippen LogP contribution in [-0.2, 0) is 0 Å². The van der Waals surface area contributed by atoms with Crippen molar-refractivity contribution in [3.63, 3.8) is 0 Å². The van der Waals surface area contributed by atoms with E-state index in [1.165, 1.54) is 19.3 Å². The molecule has 4 nitrogen and oxygen atoms in total. The highest BCUT2D eigenvalue weighted by Crippen LogP contribution is 2.28. The topological polar surface area (TPSA) is 68.0 Å². The Kier molecular flexibility index (Phi) is 4.18. The van der Waals surface area contributed by atoms with Crippen molar-refractivity contribution < 1.29 is 4.79 Å². The first-order valence-electron chi connectivity index (χ1n) is 6.72. The quantitative estimate of drug-likeness (QED) is 0.859. The van der Waals surface area contributed by atoms with Crippen molar-refractivity contribution >= 4 is 11.7 Å². The fourth-order valence-corrected chi connectivity index (χ4v) is 2.63. The summed E-state index contributed by atoms with van der Waals surface area (Å²) in [7, 11) is 0. The van der Waals surface area contributed by atoms with Crippen molar-refractivity contribution in [1.29, 1.82) is 0 Å². The minimum atomic E-state index is -0.423. The highest BCUT2D eigenvalue weighted by molar-refractivity contribution is 5.97. The molecule has 0 radical (unpaired) electrons. The van der Waals surface area contributed by atoms with E-state index in [2.05, 4.69) is 17.2 Å². The molecular formula is C14H21N3O. The predicted molar refractivity (Wildman–Crippen MR) is 72.4 cm³/mol. The largest absolute Gasteiger partial charge is 0.367 e. The third kappa shape index (κ3) is 3.00. The fraction of sp³-hybridized carbons (Fsp3) is 0.571. The minimum Gasteiger partial charge on any atom is -0.367 e. The van der Waals surface area contributed by atoms with Crippen LogP contribution >= 0.6 is 0 Å². The van der Waals surface area contributed by atoms with Crippen LogP contribution in [0, 0.1) is 5.92 Å². The van der Waals surface area contributed by atoms with E-state index in [0.29, 0.717) is 17.4 Å². The van der Waals surface area contributed by atoms with Crippen LogP contribution < -0.4 is 11.1 Å². The normalized spacial score (nSPS) is 23.6. The van der Waals surface area contributed by atoms with Gasteiger partial charge in [0.15, 0.2) is 0 Å². The number of pyridine rings is 1. The maximum absolute atomic E-state index is 11.3. The van der Waals surface area contributed by atoms with Gasteiger partial charge in [-0.05, 0) is 43.7 Å². The molecular weight excluding hydrogens is 226 g/mol. The second-order valence-electron chi connectivity index (χ2n) is 5.03. The molecule has 1 fully saturated rings. The van der Waals surface area contributed by atoms with E-state index < -0.39 is 5.91 Å². The lowest BCUT2D eigenvalue weighted by Gasteiger charge is -2.29. The molecule has 2 rings (SSSR count). The summed E-state index contributed by atoms with van der Waals surface area (Å²) in [5.74, 6) is 1.07. The molecule has 1 saturated carbocycles. The number of carbonyl (C=O) groups is 1. The summed E-state index contributed by atoms with van der Waals surface area (Å²) in [4.78, 5) is 15.5. The van der Waals surface area contributed by atoms with E-state index in [9.17, 15) is 4.79 Å². The van der Waals surface area contributed by atoms with E-state index in [-0.39, 0.29) is 0 Å². The lowest BCUT2D eigenvalue weighted by Crippen LogP contribution is -2.27. The maximum atomic E-state index is 11.3. The summed E-state index contributed by atoms with van der Waals surface area (Å²) in [6, 6.07) is 3.87. The van der Waals surface area contributed by atoms with Crippen molar-refractivity contribution in [2.45, 2.75) is 45.1 Å². The number of nitrogens with zero attached hydrogens (tertiary/aromatic N) is 1. The zero-order valence-corrected chi connectivity index (χ0v) is 10.9. The van der Waals surface area contributed by atoms with Crippen LogP contribution in [0.5, 0.6) is 0 Å². The average molecular weight is 247 g/mol. The number of amides is 1. The second kappa shape index (κ2) is 5.85. The number of primary amides is 1. The maximum Gasteiger partial charge on any atom is 0.252 e. The van der Waals surface area contributed by atoms with Gasteiger partial charge in [-0.25, -0.2) is 4.98 Å². The van der Waals surface area contributed by atoms with Gasteiger partial charge in [-0.3, -0.25) is 4.79 Å². The number of rotatable bonds is 4. The van der Waals surface area contributed by atoms with Gasteiger partial charge >= 0.3 is 0 Å². The molecule has 1 aromatic rings. The summed E-state index contributed by atoms with van der Waals surface area (Å²) in [5.41, 5.74) is 5.83. The Balaban J connectivity index is 2.00. The summed E-state index contributed by atoms with van der Waals surface area (Å²) in [6.45, 7) is 2.25. The first-order valence-corrected chi connectivity index (χ1v) is 6.72. The molecule has 0 atom stereocenters. The van der Waals surface area contributed by atoms with E-state index in [1.54, 1.807) is 18.3 Å². The van der Waals surface area contributed by atoms with Gasteiger partial charge in [0.25, 0.3) is 5.91 Å². The molecule has 0 aromatic carbocycles. The third-order valence-corrected chi connectivity index (χ3v) is 3.84. The summed E-state index contributed by atoms with van der Waals surface area (Å²) in [5, 5.41) is 3.36. The van der Waals surface area contributed by atoms with Crippen molar-refractivity contribution in [2.75, 3.05) is 5.32 Å². The molecule has 3 N–H and O–H groups in total. The number of hydrogen-bond acceptors (Lipinski definition) is 3. The van der Waals surface area contributed by atoms with E-state index >= 15 is 0 Å². The number of nitrogens with two attached hydrogens (primary N) is 1. The molecule has 1 heterocycles. The summed E-state index contributed by atoms with van der Waals surface area (Å²) < 4.78 is 0. The smallest absolute Gasteiger partial charge is 0.252 e. The molecule has 1 amide bonds. The van der Waals surface area contributed by atoms with E-state index in [1.807, 2.05) is 0 Å². The van der Waals surface area contributed by atoms with Crippen LogP contribution in [0.15, 0.2) is 18.3 Å². The van der Waals surface area contributed by atoms with Gasteiger partial charge in [-0.15, -0.1) is 0 Å². The Morgan fingerprint density at radius 1 is 1.44 bits per heavy atom. The Morgan fingerprint density at radius 2 is 2.17 bits per heavy atom. The van der Waals surface area contributed by atoms with E-state index in [4.69, 9.17) is 5.73 Å². The molecule has 18 heavy (non-hydrogen) atoms. The minimum absolute atomic E-state index is 0.417. The first-order chi connectivity index (χ1) is 8.70. The Labute approximate surface area is 108 Å². The number of anilines is 1. The van der Waals surface area contributed by atoms with Crippen LogP contribution in [0.25, 0.3) is 0 Å². The van der Waals surface area contributed by atoms with Gasteiger partial charge in [-0.1, -0.05) is 13.3 Å². The monoisotopic (exact) mass is 247 g/mol. The lowest BCUT2D eigenvalue weighted by atomic mass is 9.84. The molecule has 0 aliphatic heterocycles. The molecule has 1 aliphatic carbocycles. The van der Waals surface area contributed by atoms with Gasteiger partial charge in [0.1, 0.15) is 5.82 Å². The number of hydrogen-bond donors (Lipinski definition) is 2. The average Bonchev–Trinajstić information content (AvgIpc) is 2.40. The standard InChI is InChI=1S/C14H21N3O/c1-2-10-5-7-11(8-6-10)17-14-12(13(15)18)4-3-9-16-14/h3-4,9-11H,2,5-8H2,1H3,(H2,15,18)(H,16,17). The number of nitrogens with one attached hydrogen (secondary N) is 1. The van der Waals surface area contributed by atoms with Crippen LogP contribution in [0.2, 0.25) is 0 Å². The number of aromatic nitrogens is 1. The lowest BCUT2D eigenvalue weighted by molar-refractivity contribution is 0.100. The van der Waals surface area contributed by atoms with Crippen molar-refractivity contribution in [3.05, 3.63) is 23.9 Å². The van der Waals surface area contributed by atoms with Crippen LogP contribution in [0.3, 0.4) is 0 Å². The third-order valence-electron chi connectivity index (χ3n) is 3.84. The van der Waals surface area contributed by atoms with Crippen molar-refractivity contribution in [3.8, 4) is 0 Å². The zero-order valence-electron chi connectivity index (χ0n) is 10.9. The fourth-order valence-electron chi connectivity index (χ4n) is 2.63. The molecule has 0 spiro atoms. The van der Waals surface area contributed by atoms with Crippen LogP contribution in [0.4, 0.5) is 5.82 Å². The highest BCUT2D eigenvalue weighted by Gasteiger charge is 2.21. The van der Waals surface area contributed by atoms with E-state index in [0.717, 1.165) is 18.8 Å². The summed E-state index contributed by atoms with van der Waals surface area (Å²) >= 11 is 0. The molecule has 1 aromatic heterocycles. The highest BCUT2D eigenvalue weighted by atomic mass is 16.1. The van der Waals surface area contributed by atoms with Gasteiger partial charge < -0.3 is 11.1 Å². The van der Waals surface area contributed by atoms with Crippen molar-refractivity contribution in [2.24, 2.45) is 11.7 Å². The molecule has 4 heteroatoms. The van der Waals surface area contributed by atoms with Gasteiger partial charge in [0.2, 0.25) is 0 Å². The van der Waals surface area contributed by atoms with Crippen molar-refractivity contribution in [1.82, 2.24) is 4.98 Å². The molecule has 0 saturated heterocycles. The Hall–Kier alpha value is -1.58. The molecule has 98 valence electrons. The first kappa shape index (κ1) is 12.9. The van der Waals surface area contributed by atoms with Crippen LogP contribution in [-0.4, -0.2) is 16.9 Å². The predicted octanol–water partition coefficient (Wildman–Crippen LogP) is 2.56. The number of carbonyl (C=O) groups excluding carboxylic acids is 1. The molecule has 0 bridgehead atoms. The zero-order chi connectivity index (χ0) is 13.0. The summed E-state index contributed by atoms with van der Waals surface area (Å²) in [6.07, 6.45) is 7.76. The molecule has 0 unspecified atom stereocenters. The van der Waals surface area contributed by atoms with Gasteiger partial charge in [0.05, 0.1) is 5.56 Å². The Bertz CT molecular complexity index is 411. The Morgan fingerprint density at radius 3 is 2.78 bits per heavy atom. The SMILES string of the molecule is CCC1CCC(Nc2ncccc2C(N)=O)CC1. The molecule has 1 aliphatic rings. The van der Waals surface area contributed by atoms with Gasteiger partial charge in [-0.2, -0.15) is 0 Å².